The number of benzene rings is 2. The van der Waals surface area contributed by atoms with Gasteiger partial charge in [-0.2, -0.15) is 0 Å². The molecule has 6 nitrogen and oxygen atoms in total. The SMILES string of the molecule is CCCOc1ccc(OCC(=O)Nc2ccc(OC)c(OC)c2)cc1. The van der Waals surface area contributed by atoms with Crippen LogP contribution < -0.4 is 24.3 Å². The molecule has 1 N–H and O–H groups in total. The van der Waals surface area contributed by atoms with Gasteiger partial charge in [0.15, 0.2) is 18.1 Å². The van der Waals surface area contributed by atoms with E-state index >= 15 is 0 Å². The maximum atomic E-state index is 12.0. The van der Waals surface area contributed by atoms with Crippen LogP contribution in [-0.2, 0) is 4.79 Å². The highest BCUT2D eigenvalue weighted by molar-refractivity contribution is 5.92. The number of rotatable bonds is 9. The van der Waals surface area contributed by atoms with Crippen molar-refractivity contribution in [2.45, 2.75) is 13.3 Å². The predicted molar refractivity (Wildman–Crippen MR) is 95.9 cm³/mol. The summed E-state index contributed by atoms with van der Waals surface area (Å²) in [6, 6.07) is 12.3. The van der Waals surface area contributed by atoms with E-state index in [0.29, 0.717) is 29.5 Å². The molecule has 0 saturated heterocycles. The van der Waals surface area contributed by atoms with Gasteiger partial charge in [-0.3, -0.25) is 4.79 Å². The third-order valence-electron chi connectivity index (χ3n) is 3.33. The fraction of sp³-hybridized carbons (Fsp3) is 0.316. The van der Waals surface area contributed by atoms with Crippen LogP contribution in [0.1, 0.15) is 13.3 Å². The van der Waals surface area contributed by atoms with Gasteiger partial charge in [-0.15, -0.1) is 0 Å². The summed E-state index contributed by atoms with van der Waals surface area (Å²) in [5.74, 6) is 2.26. The van der Waals surface area contributed by atoms with Gasteiger partial charge in [-0.25, -0.2) is 0 Å². The molecular weight excluding hydrogens is 322 g/mol. The number of nitrogens with one attached hydrogen (secondary N) is 1. The summed E-state index contributed by atoms with van der Waals surface area (Å²) in [6.45, 7) is 2.63. The summed E-state index contributed by atoms with van der Waals surface area (Å²) in [5, 5.41) is 2.75. The molecular formula is C19H23NO5. The standard InChI is InChI=1S/C19H23NO5/c1-4-11-24-15-6-8-16(9-7-15)25-13-19(21)20-14-5-10-17(22-2)18(12-14)23-3/h5-10,12H,4,11,13H2,1-3H3,(H,20,21). The van der Waals surface area contributed by atoms with Crippen molar-refractivity contribution < 1.29 is 23.7 Å². The van der Waals surface area contributed by atoms with Gasteiger partial charge in [0.2, 0.25) is 0 Å². The van der Waals surface area contributed by atoms with Crippen molar-refractivity contribution in [3.63, 3.8) is 0 Å². The van der Waals surface area contributed by atoms with Crippen LogP contribution in [0.2, 0.25) is 0 Å². The van der Waals surface area contributed by atoms with Crippen LogP contribution in [0.4, 0.5) is 5.69 Å². The maximum Gasteiger partial charge on any atom is 0.262 e. The van der Waals surface area contributed by atoms with E-state index < -0.39 is 0 Å². The number of carbonyl (C=O) groups excluding carboxylic acids is 1. The molecule has 0 radical (unpaired) electrons. The van der Waals surface area contributed by atoms with Crippen LogP contribution in [0.25, 0.3) is 0 Å². The molecule has 0 spiro atoms. The summed E-state index contributed by atoms with van der Waals surface area (Å²) < 4.78 is 21.3. The Balaban J connectivity index is 1.86. The number of hydrogen-bond donors (Lipinski definition) is 1. The molecule has 0 unspecified atom stereocenters. The van der Waals surface area contributed by atoms with Crippen molar-refractivity contribution in [3.8, 4) is 23.0 Å². The lowest BCUT2D eigenvalue weighted by molar-refractivity contribution is -0.118. The van der Waals surface area contributed by atoms with Gasteiger partial charge in [0.1, 0.15) is 11.5 Å². The zero-order valence-electron chi connectivity index (χ0n) is 14.7. The molecule has 25 heavy (non-hydrogen) atoms. The van der Waals surface area contributed by atoms with Gasteiger partial charge in [-0.05, 0) is 42.8 Å². The number of methoxy groups -OCH3 is 2. The van der Waals surface area contributed by atoms with Gasteiger partial charge in [0, 0.05) is 11.8 Å². The van der Waals surface area contributed by atoms with E-state index in [1.54, 1.807) is 44.6 Å². The normalized spacial score (nSPS) is 10.0. The zero-order valence-corrected chi connectivity index (χ0v) is 14.7. The summed E-state index contributed by atoms with van der Waals surface area (Å²) in [6.07, 6.45) is 0.953. The minimum absolute atomic E-state index is 0.0937. The Morgan fingerprint density at radius 3 is 2.16 bits per heavy atom. The predicted octanol–water partition coefficient (Wildman–Crippen LogP) is 3.51. The van der Waals surface area contributed by atoms with E-state index in [9.17, 15) is 4.79 Å². The fourth-order valence-electron chi connectivity index (χ4n) is 2.11. The molecule has 0 aliphatic heterocycles. The van der Waals surface area contributed by atoms with Crippen molar-refractivity contribution in [3.05, 3.63) is 42.5 Å². The Morgan fingerprint density at radius 1 is 0.920 bits per heavy atom. The Morgan fingerprint density at radius 2 is 1.56 bits per heavy atom. The van der Waals surface area contributed by atoms with Crippen LogP contribution in [-0.4, -0.2) is 33.3 Å². The summed E-state index contributed by atoms with van der Waals surface area (Å²) in [5.41, 5.74) is 0.606. The van der Waals surface area contributed by atoms with E-state index in [-0.39, 0.29) is 12.5 Å². The van der Waals surface area contributed by atoms with Crippen LogP contribution in [0.5, 0.6) is 23.0 Å². The number of amides is 1. The molecule has 6 heteroatoms. The largest absolute Gasteiger partial charge is 0.494 e. The van der Waals surface area contributed by atoms with Crippen LogP contribution in [0, 0.1) is 0 Å². The van der Waals surface area contributed by atoms with E-state index in [4.69, 9.17) is 18.9 Å². The monoisotopic (exact) mass is 345 g/mol. The minimum atomic E-state index is -0.265. The summed E-state index contributed by atoms with van der Waals surface area (Å²) in [7, 11) is 3.10. The van der Waals surface area contributed by atoms with E-state index in [1.165, 1.54) is 0 Å². The van der Waals surface area contributed by atoms with Gasteiger partial charge in [-0.1, -0.05) is 6.92 Å². The maximum absolute atomic E-state index is 12.0. The molecule has 0 fully saturated rings. The Bertz CT molecular complexity index is 685. The number of ether oxygens (including phenoxy) is 4. The first-order chi connectivity index (χ1) is 12.2. The lowest BCUT2D eigenvalue weighted by Crippen LogP contribution is -2.20. The molecule has 1 amide bonds. The number of carbonyl (C=O) groups is 1. The lowest BCUT2D eigenvalue weighted by atomic mass is 10.2. The highest BCUT2D eigenvalue weighted by Crippen LogP contribution is 2.29. The van der Waals surface area contributed by atoms with Gasteiger partial charge >= 0.3 is 0 Å². The van der Waals surface area contributed by atoms with E-state index in [1.807, 2.05) is 12.1 Å². The first-order valence-electron chi connectivity index (χ1n) is 8.03. The Labute approximate surface area is 147 Å². The highest BCUT2D eigenvalue weighted by atomic mass is 16.5. The smallest absolute Gasteiger partial charge is 0.262 e. The van der Waals surface area contributed by atoms with Crippen molar-refractivity contribution in [1.29, 1.82) is 0 Å². The average molecular weight is 345 g/mol. The third-order valence-corrected chi connectivity index (χ3v) is 3.33. The first-order valence-corrected chi connectivity index (χ1v) is 8.03. The second-order valence-electron chi connectivity index (χ2n) is 5.23. The Hall–Kier alpha value is -2.89. The zero-order chi connectivity index (χ0) is 18.1. The van der Waals surface area contributed by atoms with Crippen molar-refractivity contribution in [1.82, 2.24) is 0 Å². The lowest BCUT2D eigenvalue weighted by Gasteiger charge is -2.11. The molecule has 2 aromatic rings. The number of anilines is 1. The molecule has 0 bridgehead atoms. The van der Waals surface area contributed by atoms with Gasteiger partial charge in [0.25, 0.3) is 5.91 Å². The third kappa shape index (κ3) is 5.60. The van der Waals surface area contributed by atoms with Crippen LogP contribution in [0.3, 0.4) is 0 Å². The molecule has 0 saturated carbocycles. The molecule has 0 aliphatic rings. The second kappa shape index (κ2) is 9.42. The summed E-state index contributed by atoms with van der Waals surface area (Å²) in [4.78, 5) is 12.0. The van der Waals surface area contributed by atoms with Crippen LogP contribution >= 0.6 is 0 Å². The molecule has 2 aromatic carbocycles. The summed E-state index contributed by atoms with van der Waals surface area (Å²) >= 11 is 0. The molecule has 0 heterocycles. The molecule has 0 atom stereocenters. The van der Waals surface area contributed by atoms with E-state index in [0.717, 1.165) is 12.2 Å². The number of hydrogen-bond acceptors (Lipinski definition) is 5. The van der Waals surface area contributed by atoms with E-state index in [2.05, 4.69) is 12.2 Å². The Kier molecular flexibility index (Phi) is 6.95. The molecule has 0 aliphatic carbocycles. The van der Waals surface area contributed by atoms with Crippen molar-refractivity contribution in [2.24, 2.45) is 0 Å². The van der Waals surface area contributed by atoms with Crippen molar-refractivity contribution >= 4 is 11.6 Å². The molecule has 134 valence electrons. The topological polar surface area (TPSA) is 66.0 Å². The first kappa shape index (κ1) is 18.4. The van der Waals surface area contributed by atoms with Crippen LogP contribution in [0.15, 0.2) is 42.5 Å². The van der Waals surface area contributed by atoms with Crippen molar-refractivity contribution in [2.75, 3.05) is 32.8 Å². The van der Waals surface area contributed by atoms with Gasteiger partial charge < -0.3 is 24.3 Å². The molecule has 0 aromatic heterocycles. The quantitative estimate of drug-likeness (QED) is 0.753. The average Bonchev–Trinajstić information content (AvgIpc) is 2.65. The second-order valence-corrected chi connectivity index (χ2v) is 5.23. The minimum Gasteiger partial charge on any atom is -0.494 e. The van der Waals surface area contributed by atoms with Gasteiger partial charge in [0.05, 0.1) is 20.8 Å². The molecule has 2 rings (SSSR count). The highest BCUT2D eigenvalue weighted by Gasteiger charge is 2.08. The fourth-order valence-corrected chi connectivity index (χ4v) is 2.11.